The zero-order valence-electron chi connectivity index (χ0n) is 13.7. The number of carbonyl (C=O) groups excluding carboxylic acids is 1. The highest BCUT2D eigenvalue weighted by atomic mass is 35.5. The SMILES string of the molecule is COc1ccc(Cl)cc1C(=O)OC(c1ccccc1)c1ccccc1. The molecule has 0 unspecified atom stereocenters. The van der Waals surface area contributed by atoms with Gasteiger partial charge >= 0.3 is 5.97 Å². The van der Waals surface area contributed by atoms with Crippen LogP contribution in [0.2, 0.25) is 5.02 Å². The van der Waals surface area contributed by atoms with Gasteiger partial charge in [-0.3, -0.25) is 0 Å². The van der Waals surface area contributed by atoms with Gasteiger partial charge in [-0.15, -0.1) is 0 Å². The van der Waals surface area contributed by atoms with E-state index in [-0.39, 0.29) is 0 Å². The molecule has 3 aromatic carbocycles. The molecule has 0 amide bonds. The van der Waals surface area contributed by atoms with E-state index in [9.17, 15) is 4.79 Å². The Labute approximate surface area is 151 Å². The van der Waals surface area contributed by atoms with E-state index in [1.165, 1.54) is 7.11 Å². The lowest BCUT2D eigenvalue weighted by atomic mass is 10.0. The standard InChI is InChI=1S/C21H17ClO3/c1-24-19-13-12-17(22)14-18(19)21(23)25-20(15-8-4-2-5-9-15)16-10-6-3-7-11-16/h2-14,20H,1H3. The Bertz CT molecular complexity index is 808. The van der Waals surface area contributed by atoms with Gasteiger partial charge in [-0.1, -0.05) is 72.3 Å². The van der Waals surface area contributed by atoms with E-state index in [0.29, 0.717) is 16.3 Å². The van der Waals surface area contributed by atoms with Crippen LogP contribution in [0.1, 0.15) is 27.6 Å². The maximum atomic E-state index is 12.8. The first-order valence-corrected chi connectivity index (χ1v) is 8.21. The van der Waals surface area contributed by atoms with Crippen LogP contribution in [-0.4, -0.2) is 13.1 Å². The van der Waals surface area contributed by atoms with Crippen LogP contribution in [0.4, 0.5) is 0 Å². The smallest absolute Gasteiger partial charge is 0.342 e. The zero-order valence-corrected chi connectivity index (χ0v) is 14.4. The molecule has 0 heterocycles. The monoisotopic (exact) mass is 352 g/mol. The number of carbonyl (C=O) groups is 1. The molecule has 0 aliphatic heterocycles. The van der Waals surface area contributed by atoms with E-state index in [2.05, 4.69) is 0 Å². The summed E-state index contributed by atoms with van der Waals surface area (Å²) in [5.74, 6) is -0.0636. The number of rotatable bonds is 5. The van der Waals surface area contributed by atoms with Crippen molar-refractivity contribution in [3.8, 4) is 5.75 Å². The fourth-order valence-corrected chi connectivity index (χ4v) is 2.77. The topological polar surface area (TPSA) is 35.5 Å². The Balaban J connectivity index is 1.96. The quantitative estimate of drug-likeness (QED) is 0.585. The average molecular weight is 353 g/mol. The van der Waals surface area contributed by atoms with E-state index < -0.39 is 12.1 Å². The minimum absolute atomic E-state index is 0.298. The molecule has 4 heteroatoms. The Morgan fingerprint density at radius 3 is 1.96 bits per heavy atom. The summed E-state index contributed by atoms with van der Waals surface area (Å²) in [6.45, 7) is 0. The van der Waals surface area contributed by atoms with Gasteiger partial charge in [0.2, 0.25) is 0 Å². The third-order valence-corrected chi connectivity index (χ3v) is 4.05. The van der Waals surface area contributed by atoms with Crippen molar-refractivity contribution in [1.29, 1.82) is 0 Å². The first kappa shape index (κ1) is 17.1. The molecule has 0 fully saturated rings. The van der Waals surface area contributed by atoms with E-state index >= 15 is 0 Å². The third kappa shape index (κ3) is 4.01. The van der Waals surface area contributed by atoms with Crippen LogP contribution in [-0.2, 0) is 4.74 Å². The highest BCUT2D eigenvalue weighted by Gasteiger charge is 2.22. The summed E-state index contributed by atoms with van der Waals surface area (Å²) < 4.78 is 11.1. The molecule has 126 valence electrons. The molecule has 0 aromatic heterocycles. The normalized spacial score (nSPS) is 10.5. The number of esters is 1. The maximum Gasteiger partial charge on any atom is 0.342 e. The van der Waals surface area contributed by atoms with Crippen LogP contribution in [0, 0.1) is 0 Å². The summed E-state index contributed by atoms with van der Waals surface area (Å²) in [6, 6.07) is 24.1. The van der Waals surface area contributed by atoms with Gasteiger partial charge in [-0.25, -0.2) is 4.79 Å². The van der Waals surface area contributed by atoms with Gasteiger partial charge in [-0.2, -0.15) is 0 Å². The van der Waals surface area contributed by atoms with E-state index in [1.807, 2.05) is 60.7 Å². The Morgan fingerprint density at radius 1 is 0.880 bits per heavy atom. The Morgan fingerprint density at radius 2 is 1.44 bits per heavy atom. The first-order valence-electron chi connectivity index (χ1n) is 7.83. The second kappa shape index (κ2) is 7.86. The number of halogens is 1. The highest BCUT2D eigenvalue weighted by Crippen LogP contribution is 2.30. The molecule has 0 spiro atoms. The molecule has 0 radical (unpaired) electrons. The Hall–Kier alpha value is -2.78. The van der Waals surface area contributed by atoms with E-state index in [0.717, 1.165) is 11.1 Å². The second-order valence-corrected chi connectivity index (χ2v) is 5.89. The van der Waals surface area contributed by atoms with Crippen molar-refractivity contribution < 1.29 is 14.3 Å². The van der Waals surface area contributed by atoms with Crippen molar-refractivity contribution >= 4 is 17.6 Å². The lowest BCUT2D eigenvalue weighted by Gasteiger charge is -2.19. The predicted octanol–water partition coefficient (Wildman–Crippen LogP) is 5.30. The summed E-state index contributed by atoms with van der Waals surface area (Å²) in [5.41, 5.74) is 2.08. The molecule has 25 heavy (non-hydrogen) atoms. The lowest BCUT2D eigenvalue weighted by molar-refractivity contribution is 0.0374. The van der Waals surface area contributed by atoms with Crippen LogP contribution in [0.3, 0.4) is 0 Å². The lowest BCUT2D eigenvalue weighted by Crippen LogP contribution is -2.14. The molecule has 3 aromatic rings. The third-order valence-electron chi connectivity index (χ3n) is 3.81. The molecule has 0 saturated carbocycles. The van der Waals surface area contributed by atoms with Crippen LogP contribution >= 0.6 is 11.6 Å². The average Bonchev–Trinajstić information content (AvgIpc) is 2.67. The maximum absolute atomic E-state index is 12.8. The molecule has 0 atom stereocenters. The van der Waals surface area contributed by atoms with Gasteiger partial charge in [-0.05, 0) is 29.3 Å². The molecule has 0 saturated heterocycles. The summed E-state index contributed by atoms with van der Waals surface area (Å²) in [4.78, 5) is 12.8. The molecule has 3 nitrogen and oxygen atoms in total. The minimum atomic E-state index is -0.515. The fraction of sp³-hybridized carbons (Fsp3) is 0.0952. The van der Waals surface area contributed by atoms with Gasteiger partial charge in [0, 0.05) is 5.02 Å². The van der Waals surface area contributed by atoms with Crippen LogP contribution in [0.25, 0.3) is 0 Å². The van der Waals surface area contributed by atoms with Crippen LogP contribution in [0.5, 0.6) is 5.75 Å². The number of hydrogen-bond acceptors (Lipinski definition) is 3. The molecule has 3 rings (SSSR count). The van der Waals surface area contributed by atoms with Gasteiger partial charge < -0.3 is 9.47 Å². The number of ether oxygens (including phenoxy) is 2. The number of hydrogen-bond donors (Lipinski definition) is 0. The number of benzene rings is 3. The fourth-order valence-electron chi connectivity index (χ4n) is 2.59. The van der Waals surface area contributed by atoms with Gasteiger partial charge in [0.1, 0.15) is 11.3 Å². The number of methoxy groups -OCH3 is 1. The summed E-state index contributed by atoms with van der Waals surface area (Å²) in [5, 5.41) is 0.448. The van der Waals surface area contributed by atoms with Crippen molar-refractivity contribution in [2.75, 3.05) is 7.11 Å². The Kier molecular flexibility index (Phi) is 5.36. The highest BCUT2D eigenvalue weighted by molar-refractivity contribution is 6.31. The van der Waals surface area contributed by atoms with E-state index in [1.54, 1.807) is 18.2 Å². The molecular weight excluding hydrogens is 336 g/mol. The molecule has 0 aliphatic rings. The second-order valence-electron chi connectivity index (χ2n) is 5.45. The van der Waals surface area contributed by atoms with Gasteiger partial charge in [0.25, 0.3) is 0 Å². The predicted molar refractivity (Wildman–Crippen MR) is 98.1 cm³/mol. The molecule has 0 bridgehead atoms. The van der Waals surface area contributed by atoms with Crippen molar-refractivity contribution in [3.05, 3.63) is 101 Å². The van der Waals surface area contributed by atoms with Crippen molar-refractivity contribution in [3.63, 3.8) is 0 Å². The molecular formula is C21H17ClO3. The summed E-state index contributed by atoms with van der Waals surface area (Å²) in [6.07, 6.45) is -0.515. The zero-order chi connectivity index (χ0) is 17.6. The molecule has 0 N–H and O–H groups in total. The molecule has 0 aliphatic carbocycles. The van der Waals surface area contributed by atoms with Crippen molar-refractivity contribution in [2.45, 2.75) is 6.10 Å². The van der Waals surface area contributed by atoms with Gasteiger partial charge in [0.05, 0.1) is 7.11 Å². The van der Waals surface area contributed by atoms with Crippen molar-refractivity contribution in [2.24, 2.45) is 0 Å². The summed E-state index contributed by atoms with van der Waals surface area (Å²) in [7, 11) is 1.51. The van der Waals surface area contributed by atoms with Crippen LogP contribution < -0.4 is 4.74 Å². The van der Waals surface area contributed by atoms with Crippen LogP contribution in [0.15, 0.2) is 78.9 Å². The largest absolute Gasteiger partial charge is 0.496 e. The minimum Gasteiger partial charge on any atom is -0.496 e. The first-order chi connectivity index (χ1) is 12.2. The van der Waals surface area contributed by atoms with Crippen molar-refractivity contribution in [1.82, 2.24) is 0 Å². The summed E-state index contributed by atoms with van der Waals surface area (Å²) >= 11 is 6.03. The van der Waals surface area contributed by atoms with E-state index in [4.69, 9.17) is 21.1 Å². The van der Waals surface area contributed by atoms with Gasteiger partial charge in [0.15, 0.2) is 6.10 Å².